The number of methoxy groups -OCH3 is 1. The Morgan fingerprint density at radius 1 is 1.16 bits per heavy atom. The Bertz CT molecular complexity index is 668. The van der Waals surface area contributed by atoms with Gasteiger partial charge in [-0.2, -0.15) is 0 Å². The quantitative estimate of drug-likeness (QED) is 0.769. The summed E-state index contributed by atoms with van der Waals surface area (Å²) < 4.78 is 16.0. The van der Waals surface area contributed by atoms with Crippen molar-refractivity contribution in [2.45, 2.75) is 0 Å². The Hall–Kier alpha value is -2.60. The summed E-state index contributed by atoms with van der Waals surface area (Å²) >= 11 is 0. The molecule has 0 fully saturated rings. The minimum absolute atomic E-state index is 0.237. The van der Waals surface area contributed by atoms with Gasteiger partial charge in [0, 0.05) is 17.2 Å². The van der Waals surface area contributed by atoms with Crippen molar-refractivity contribution in [2.24, 2.45) is 0 Å². The first kappa shape index (κ1) is 11.5. The van der Waals surface area contributed by atoms with Crippen LogP contribution in [0.4, 0.5) is 0 Å². The lowest BCUT2D eigenvalue weighted by molar-refractivity contribution is 0.174. The lowest BCUT2D eigenvalue weighted by Crippen LogP contribution is -1.92. The molecule has 0 saturated carbocycles. The highest BCUT2D eigenvalue weighted by Crippen LogP contribution is 2.39. The smallest absolute Gasteiger partial charge is 0.231 e. The SMILES string of the molecule is C#Cc1cc2c(cc1-c1cccc(OC)c1)OCO2. The number of ether oxygens (including phenoxy) is 3. The average Bonchev–Trinajstić information content (AvgIpc) is 2.93. The maximum atomic E-state index is 5.57. The molecule has 0 N–H and O–H groups in total. The second kappa shape index (κ2) is 4.58. The summed E-state index contributed by atoms with van der Waals surface area (Å²) in [6, 6.07) is 11.5. The van der Waals surface area contributed by atoms with E-state index in [9.17, 15) is 0 Å². The van der Waals surface area contributed by atoms with Crippen LogP contribution in [0.3, 0.4) is 0 Å². The van der Waals surface area contributed by atoms with Crippen LogP contribution in [0, 0.1) is 12.3 Å². The second-order valence-corrected chi connectivity index (χ2v) is 4.13. The van der Waals surface area contributed by atoms with E-state index >= 15 is 0 Å². The molecule has 0 amide bonds. The summed E-state index contributed by atoms with van der Waals surface area (Å²) in [5, 5.41) is 0. The molecule has 2 aromatic rings. The van der Waals surface area contributed by atoms with Crippen molar-refractivity contribution in [3.8, 4) is 40.7 Å². The molecule has 0 aromatic heterocycles. The molecular weight excluding hydrogens is 240 g/mol. The molecule has 0 unspecified atom stereocenters. The number of hydrogen-bond acceptors (Lipinski definition) is 3. The van der Waals surface area contributed by atoms with Crippen LogP contribution in [-0.4, -0.2) is 13.9 Å². The van der Waals surface area contributed by atoms with E-state index in [4.69, 9.17) is 20.6 Å². The van der Waals surface area contributed by atoms with E-state index in [0.717, 1.165) is 28.2 Å². The Labute approximate surface area is 111 Å². The van der Waals surface area contributed by atoms with Gasteiger partial charge in [0.2, 0.25) is 6.79 Å². The minimum atomic E-state index is 0.237. The van der Waals surface area contributed by atoms with Crippen LogP contribution in [0.1, 0.15) is 5.56 Å². The van der Waals surface area contributed by atoms with Crippen molar-refractivity contribution in [3.05, 3.63) is 42.0 Å². The molecular formula is C16H12O3. The Morgan fingerprint density at radius 3 is 2.68 bits per heavy atom. The van der Waals surface area contributed by atoms with E-state index in [1.807, 2.05) is 36.4 Å². The molecule has 94 valence electrons. The molecule has 1 aliphatic heterocycles. The Balaban J connectivity index is 2.16. The van der Waals surface area contributed by atoms with E-state index in [1.54, 1.807) is 7.11 Å². The molecule has 1 heterocycles. The number of benzene rings is 2. The molecule has 0 saturated heterocycles. The van der Waals surface area contributed by atoms with Gasteiger partial charge in [0.05, 0.1) is 7.11 Å². The Kier molecular flexibility index (Phi) is 2.77. The Morgan fingerprint density at radius 2 is 1.95 bits per heavy atom. The van der Waals surface area contributed by atoms with Crippen molar-refractivity contribution in [1.29, 1.82) is 0 Å². The fourth-order valence-electron chi connectivity index (χ4n) is 2.09. The zero-order valence-corrected chi connectivity index (χ0v) is 10.5. The molecule has 0 radical (unpaired) electrons. The van der Waals surface area contributed by atoms with Gasteiger partial charge in [-0.3, -0.25) is 0 Å². The third-order valence-corrected chi connectivity index (χ3v) is 3.05. The first-order valence-electron chi connectivity index (χ1n) is 5.86. The van der Waals surface area contributed by atoms with E-state index in [0.29, 0.717) is 5.75 Å². The van der Waals surface area contributed by atoms with E-state index < -0.39 is 0 Å². The van der Waals surface area contributed by atoms with Gasteiger partial charge >= 0.3 is 0 Å². The molecule has 2 aromatic carbocycles. The van der Waals surface area contributed by atoms with Gasteiger partial charge in [-0.25, -0.2) is 0 Å². The molecule has 0 spiro atoms. The summed E-state index contributed by atoms with van der Waals surface area (Å²) in [5.41, 5.74) is 2.70. The average molecular weight is 252 g/mol. The topological polar surface area (TPSA) is 27.7 Å². The summed E-state index contributed by atoms with van der Waals surface area (Å²) in [6.07, 6.45) is 5.57. The van der Waals surface area contributed by atoms with Gasteiger partial charge in [-0.1, -0.05) is 18.1 Å². The summed E-state index contributed by atoms with van der Waals surface area (Å²) in [7, 11) is 1.64. The van der Waals surface area contributed by atoms with Crippen LogP contribution in [0.5, 0.6) is 17.2 Å². The fourth-order valence-corrected chi connectivity index (χ4v) is 2.09. The lowest BCUT2D eigenvalue weighted by atomic mass is 9.99. The van der Waals surface area contributed by atoms with E-state index in [1.165, 1.54) is 0 Å². The summed E-state index contributed by atoms with van der Waals surface area (Å²) in [4.78, 5) is 0. The van der Waals surface area contributed by atoms with Crippen molar-refractivity contribution < 1.29 is 14.2 Å². The lowest BCUT2D eigenvalue weighted by Gasteiger charge is -2.08. The van der Waals surface area contributed by atoms with Crippen molar-refractivity contribution in [1.82, 2.24) is 0 Å². The highest BCUT2D eigenvalue weighted by molar-refractivity contribution is 5.75. The van der Waals surface area contributed by atoms with Crippen LogP contribution in [0.25, 0.3) is 11.1 Å². The predicted molar refractivity (Wildman–Crippen MR) is 72.5 cm³/mol. The van der Waals surface area contributed by atoms with Crippen LogP contribution >= 0.6 is 0 Å². The van der Waals surface area contributed by atoms with E-state index in [-0.39, 0.29) is 6.79 Å². The van der Waals surface area contributed by atoms with Gasteiger partial charge in [0.25, 0.3) is 0 Å². The molecule has 1 aliphatic rings. The third-order valence-electron chi connectivity index (χ3n) is 3.05. The zero-order valence-electron chi connectivity index (χ0n) is 10.5. The van der Waals surface area contributed by atoms with Gasteiger partial charge < -0.3 is 14.2 Å². The van der Waals surface area contributed by atoms with Gasteiger partial charge in [0.15, 0.2) is 11.5 Å². The summed E-state index contributed by atoms with van der Waals surface area (Å²) in [5.74, 6) is 4.89. The molecule has 0 aliphatic carbocycles. The van der Waals surface area contributed by atoms with Gasteiger partial charge in [-0.15, -0.1) is 6.42 Å². The molecule has 3 nitrogen and oxygen atoms in total. The van der Waals surface area contributed by atoms with Gasteiger partial charge in [0.1, 0.15) is 5.75 Å². The molecule has 3 rings (SSSR count). The fraction of sp³-hybridized carbons (Fsp3) is 0.125. The molecule has 0 bridgehead atoms. The minimum Gasteiger partial charge on any atom is -0.497 e. The molecule has 3 heteroatoms. The number of hydrogen-bond donors (Lipinski definition) is 0. The van der Waals surface area contributed by atoms with Crippen LogP contribution in [-0.2, 0) is 0 Å². The highest BCUT2D eigenvalue weighted by Gasteiger charge is 2.17. The van der Waals surface area contributed by atoms with Crippen LogP contribution in [0.15, 0.2) is 36.4 Å². The monoisotopic (exact) mass is 252 g/mol. The van der Waals surface area contributed by atoms with Crippen molar-refractivity contribution in [3.63, 3.8) is 0 Å². The number of fused-ring (bicyclic) bond motifs is 1. The van der Waals surface area contributed by atoms with Crippen molar-refractivity contribution in [2.75, 3.05) is 13.9 Å². The first-order valence-corrected chi connectivity index (χ1v) is 5.86. The number of rotatable bonds is 2. The van der Waals surface area contributed by atoms with E-state index in [2.05, 4.69) is 5.92 Å². The molecule has 0 atom stereocenters. The summed E-state index contributed by atoms with van der Waals surface area (Å²) in [6.45, 7) is 0.237. The standard InChI is InChI=1S/C16H12O3/c1-3-11-8-15-16(19-10-18-15)9-14(11)12-5-4-6-13(7-12)17-2/h1,4-9H,10H2,2H3. The number of terminal acetylenes is 1. The third kappa shape index (κ3) is 1.98. The predicted octanol–water partition coefficient (Wildman–Crippen LogP) is 3.07. The normalized spacial score (nSPS) is 12.0. The largest absolute Gasteiger partial charge is 0.497 e. The highest BCUT2D eigenvalue weighted by atomic mass is 16.7. The van der Waals surface area contributed by atoms with Crippen LogP contribution < -0.4 is 14.2 Å². The maximum absolute atomic E-state index is 5.57. The van der Waals surface area contributed by atoms with Gasteiger partial charge in [-0.05, 0) is 23.8 Å². The second-order valence-electron chi connectivity index (χ2n) is 4.13. The first-order chi connectivity index (χ1) is 9.31. The zero-order chi connectivity index (χ0) is 13.2. The van der Waals surface area contributed by atoms with Crippen molar-refractivity contribution >= 4 is 0 Å². The maximum Gasteiger partial charge on any atom is 0.231 e. The van der Waals surface area contributed by atoms with Crippen LogP contribution in [0.2, 0.25) is 0 Å². The molecule has 19 heavy (non-hydrogen) atoms.